The van der Waals surface area contributed by atoms with E-state index in [1.807, 2.05) is 30.3 Å². The molecule has 20 heavy (non-hydrogen) atoms. The maximum Gasteiger partial charge on any atom is 0.330 e. The van der Waals surface area contributed by atoms with E-state index in [4.69, 9.17) is 4.74 Å². The quantitative estimate of drug-likeness (QED) is 0.835. The third-order valence-corrected chi connectivity index (χ3v) is 2.94. The summed E-state index contributed by atoms with van der Waals surface area (Å²) in [4.78, 5) is 25.1. The Balaban J connectivity index is 2.13. The van der Waals surface area contributed by atoms with Gasteiger partial charge in [-0.1, -0.05) is 30.3 Å². The Bertz CT molecular complexity index is 676. The van der Waals surface area contributed by atoms with Crippen LogP contribution in [0.5, 0.6) is 0 Å². The number of nitrogens with zero attached hydrogens (tertiary/aromatic N) is 1. The van der Waals surface area contributed by atoms with Crippen molar-refractivity contribution < 1.29 is 9.84 Å². The maximum atomic E-state index is 11.6. The van der Waals surface area contributed by atoms with Crippen molar-refractivity contribution in [1.29, 1.82) is 0 Å². The number of aryl methyl sites for hydroxylation is 1. The Kier molecular flexibility index (Phi) is 4.49. The summed E-state index contributed by atoms with van der Waals surface area (Å²) in [6, 6.07) is 9.23. The van der Waals surface area contributed by atoms with Crippen LogP contribution in [-0.2, 0) is 11.5 Å². The molecule has 1 heterocycles. The van der Waals surface area contributed by atoms with Crippen LogP contribution >= 0.6 is 0 Å². The summed E-state index contributed by atoms with van der Waals surface area (Å²) in [7, 11) is 0. The standard InChI is InChI=1S/C14H16N2O4/c1-10-7-16(14(19)15-13(10)18)9-20-12(8-17)11-5-3-2-4-6-11/h2-7,12,17H,8-9H2,1H3,(H,15,18,19)/t12-/m0/s1. The van der Waals surface area contributed by atoms with Crippen LogP contribution in [0.15, 0.2) is 46.1 Å². The molecule has 0 aliphatic rings. The van der Waals surface area contributed by atoms with Gasteiger partial charge in [0.2, 0.25) is 0 Å². The number of hydrogen-bond acceptors (Lipinski definition) is 4. The first-order valence-corrected chi connectivity index (χ1v) is 6.19. The SMILES string of the molecule is Cc1cn(CO[C@@H](CO)c2ccccc2)c(=O)[nH]c1=O. The third kappa shape index (κ3) is 3.23. The Morgan fingerprint density at radius 2 is 2.00 bits per heavy atom. The highest BCUT2D eigenvalue weighted by molar-refractivity contribution is 5.17. The molecule has 2 rings (SSSR count). The molecule has 0 aliphatic carbocycles. The van der Waals surface area contributed by atoms with Crippen molar-refractivity contribution in [2.75, 3.05) is 6.61 Å². The van der Waals surface area contributed by atoms with Crippen molar-refractivity contribution in [2.24, 2.45) is 0 Å². The molecule has 0 spiro atoms. The van der Waals surface area contributed by atoms with Crippen LogP contribution in [-0.4, -0.2) is 21.3 Å². The van der Waals surface area contributed by atoms with Gasteiger partial charge in [0.25, 0.3) is 5.56 Å². The number of aromatic amines is 1. The molecule has 6 nitrogen and oxygen atoms in total. The Hall–Kier alpha value is -2.18. The van der Waals surface area contributed by atoms with E-state index in [2.05, 4.69) is 4.98 Å². The largest absolute Gasteiger partial charge is 0.393 e. The molecule has 0 fully saturated rings. The second kappa shape index (κ2) is 6.31. The highest BCUT2D eigenvalue weighted by Crippen LogP contribution is 2.16. The van der Waals surface area contributed by atoms with Gasteiger partial charge in [-0.25, -0.2) is 4.79 Å². The molecule has 0 saturated carbocycles. The molecule has 1 aromatic heterocycles. The lowest BCUT2D eigenvalue weighted by molar-refractivity contribution is -0.0273. The highest BCUT2D eigenvalue weighted by atomic mass is 16.5. The van der Waals surface area contributed by atoms with E-state index in [9.17, 15) is 14.7 Å². The number of benzene rings is 1. The minimum Gasteiger partial charge on any atom is -0.393 e. The maximum absolute atomic E-state index is 11.6. The predicted octanol–water partition coefficient (Wildman–Crippen LogP) is 0.553. The zero-order valence-electron chi connectivity index (χ0n) is 11.1. The van der Waals surface area contributed by atoms with E-state index in [-0.39, 0.29) is 13.3 Å². The number of rotatable bonds is 5. The number of ether oxygens (including phenoxy) is 1. The molecule has 2 N–H and O–H groups in total. The van der Waals surface area contributed by atoms with Gasteiger partial charge in [-0.2, -0.15) is 0 Å². The topological polar surface area (TPSA) is 84.3 Å². The van der Waals surface area contributed by atoms with Crippen molar-refractivity contribution in [3.8, 4) is 0 Å². The fourth-order valence-corrected chi connectivity index (χ4v) is 1.81. The minimum absolute atomic E-state index is 0.0451. The number of aliphatic hydroxyl groups is 1. The number of aliphatic hydroxyl groups excluding tert-OH is 1. The van der Waals surface area contributed by atoms with Gasteiger partial charge in [-0.05, 0) is 12.5 Å². The number of nitrogens with one attached hydrogen (secondary N) is 1. The highest BCUT2D eigenvalue weighted by Gasteiger charge is 2.11. The van der Waals surface area contributed by atoms with E-state index >= 15 is 0 Å². The van der Waals surface area contributed by atoms with Crippen LogP contribution < -0.4 is 11.2 Å². The minimum atomic E-state index is -0.537. The molecular weight excluding hydrogens is 260 g/mol. The van der Waals surface area contributed by atoms with Crippen molar-refractivity contribution in [3.05, 3.63) is 68.5 Å². The monoisotopic (exact) mass is 276 g/mol. The van der Waals surface area contributed by atoms with Gasteiger partial charge in [0.15, 0.2) is 0 Å². The average Bonchev–Trinajstić information content (AvgIpc) is 2.46. The van der Waals surface area contributed by atoms with Crippen LogP contribution in [0.3, 0.4) is 0 Å². The molecule has 0 bridgehead atoms. The Morgan fingerprint density at radius 3 is 2.65 bits per heavy atom. The van der Waals surface area contributed by atoms with Crippen LogP contribution in [0.25, 0.3) is 0 Å². The molecule has 1 aromatic carbocycles. The third-order valence-electron chi connectivity index (χ3n) is 2.94. The Morgan fingerprint density at radius 1 is 1.30 bits per heavy atom. The van der Waals surface area contributed by atoms with Crippen molar-refractivity contribution in [2.45, 2.75) is 19.8 Å². The summed E-state index contributed by atoms with van der Waals surface area (Å²) in [5.41, 5.74) is 0.302. The molecule has 0 unspecified atom stereocenters. The van der Waals surface area contributed by atoms with Gasteiger partial charge in [-0.3, -0.25) is 14.3 Å². The second-order valence-corrected chi connectivity index (χ2v) is 4.42. The van der Waals surface area contributed by atoms with Gasteiger partial charge < -0.3 is 9.84 Å². The van der Waals surface area contributed by atoms with Crippen LogP contribution in [0.1, 0.15) is 17.2 Å². The molecule has 0 radical (unpaired) electrons. The van der Waals surface area contributed by atoms with Gasteiger partial charge in [-0.15, -0.1) is 0 Å². The summed E-state index contributed by atoms with van der Waals surface area (Å²) < 4.78 is 6.78. The Labute approximate surface area is 115 Å². The summed E-state index contributed by atoms with van der Waals surface area (Å²) in [5.74, 6) is 0. The molecule has 1 atom stereocenters. The predicted molar refractivity (Wildman–Crippen MR) is 73.4 cm³/mol. The van der Waals surface area contributed by atoms with Crippen molar-refractivity contribution in [1.82, 2.24) is 9.55 Å². The first-order valence-electron chi connectivity index (χ1n) is 6.19. The number of H-pyrrole nitrogens is 1. The zero-order chi connectivity index (χ0) is 14.5. The first kappa shape index (κ1) is 14.2. The van der Waals surface area contributed by atoms with Gasteiger partial charge in [0, 0.05) is 11.8 Å². The van der Waals surface area contributed by atoms with Crippen molar-refractivity contribution in [3.63, 3.8) is 0 Å². The zero-order valence-corrected chi connectivity index (χ0v) is 11.1. The van der Waals surface area contributed by atoms with E-state index in [0.29, 0.717) is 5.56 Å². The summed E-state index contributed by atoms with van der Waals surface area (Å²) in [5, 5.41) is 9.36. The molecule has 106 valence electrons. The lowest BCUT2D eigenvalue weighted by Crippen LogP contribution is -2.31. The summed E-state index contributed by atoms with van der Waals surface area (Å²) in [6.07, 6.45) is 0.913. The second-order valence-electron chi connectivity index (χ2n) is 4.42. The lowest BCUT2D eigenvalue weighted by Gasteiger charge is -2.16. The molecular formula is C14H16N2O4. The molecule has 6 heteroatoms. The average molecular weight is 276 g/mol. The first-order chi connectivity index (χ1) is 9.61. The van der Waals surface area contributed by atoms with Gasteiger partial charge in [0.05, 0.1) is 6.61 Å². The fourth-order valence-electron chi connectivity index (χ4n) is 1.81. The molecule has 2 aromatic rings. The van der Waals surface area contributed by atoms with Gasteiger partial charge >= 0.3 is 5.69 Å². The van der Waals surface area contributed by atoms with Crippen LogP contribution in [0.4, 0.5) is 0 Å². The smallest absolute Gasteiger partial charge is 0.330 e. The van der Waals surface area contributed by atoms with E-state index in [1.165, 1.54) is 10.8 Å². The van der Waals surface area contributed by atoms with E-state index in [0.717, 1.165) is 5.56 Å². The lowest BCUT2D eigenvalue weighted by atomic mass is 10.1. The number of aromatic nitrogens is 2. The molecule has 0 aliphatic heterocycles. The van der Waals surface area contributed by atoms with E-state index < -0.39 is 17.4 Å². The van der Waals surface area contributed by atoms with Crippen molar-refractivity contribution >= 4 is 0 Å². The molecule has 0 saturated heterocycles. The normalized spacial score (nSPS) is 12.3. The molecule has 0 amide bonds. The van der Waals surface area contributed by atoms with Crippen LogP contribution in [0, 0.1) is 6.92 Å². The van der Waals surface area contributed by atoms with Crippen LogP contribution in [0.2, 0.25) is 0 Å². The van der Waals surface area contributed by atoms with E-state index in [1.54, 1.807) is 6.92 Å². The fraction of sp³-hybridized carbons (Fsp3) is 0.286. The van der Waals surface area contributed by atoms with Gasteiger partial charge in [0.1, 0.15) is 12.8 Å². The number of hydrogen-bond donors (Lipinski definition) is 2. The summed E-state index contributed by atoms with van der Waals surface area (Å²) in [6.45, 7) is 1.37. The summed E-state index contributed by atoms with van der Waals surface area (Å²) >= 11 is 0.